The van der Waals surface area contributed by atoms with E-state index in [9.17, 15) is 4.79 Å². The van der Waals surface area contributed by atoms with E-state index in [1.807, 2.05) is 19.1 Å². The Kier molecular flexibility index (Phi) is 7.85. The molecule has 0 bridgehead atoms. The van der Waals surface area contributed by atoms with E-state index >= 15 is 0 Å². The summed E-state index contributed by atoms with van der Waals surface area (Å²) in [6.07, 6.45) is 2.53. The molecule has 7 heteroatoms. The Morgan fingerprint density at radius 3 is 2.88 bits per heavy atom. The second-order valence-electron chi connectivity index (χ2n) is 6.16. The summed E-state index contributed by atoms with van der Waals surface area (Å²) < 4.78 is 5.68. The Balaban J connectivity index is 1.86. The summed E-state index contributed by atoms with van der Waals surface area (Å²) in [5.74, 6) is 1.73. The van der Waals surface area contributed by atoms with Crippen LogP contribution < -0.4 is 15.8 Å². The van der Waals surface area contributed by atoms with Crippen molar-refractivity contribution in [2.75, 3.05) is 32.8 Å². The molecule has 1 fully saturated rings. The fraction of sp³-hybridized carbons (Fsp3) is 0.556. The Morgan fingerprint density at radius 2 is 2.20 bits per heavy atom. The number of nitrogens with zero attached hydrogens (tertiary/aromatic N) is 2. The molecule has 1 saturated heterocycles. The fourth-order valence-corrected chi connectivity index (χ4v) is 3.11. The molecular formula is C18H27ClN4O2. The lowest BCUT2D eigenvalue weighted by Gasteiger charge is -2.34. The molecular weight excluding hydrogens is 340 g/mol. The molecule has 25 heavy (non-hydrogen) atoms. The van der Waals surface area contributed by atoms with Gasteiger partial charge in [-0.3, -0.25) is 4.79 Å². The first-order valence-electron chi connectivity index (χ1n) is 8.78. The summed E-state index contributed by atoms with van der Waals surface area (Å²) >= 11 is 5.86. The van der Waals surface area contributed by atoms with Gasteiger partial charge in [-0.05, 0) is 49.9 Å². The van der Waals surface area contributed by atoms with Crippen molar-refractivity contribution in [1.82, 2.24) is 10.2 Å². The number of carbonyl (C=O) groups excluding carboxylic acids is 1. The number of ether oxygens (including phenoxy) is 1. The predicted octanol–water partition coefficient (Wildman–Crippen LogP) is 2.27. The molecule has 1 amide bonds. The number of hydrogen-bond acceptors (Lipinski definition) is 3. The molecule has 0 spiro atoms. The molecule has 138 valence electrons. The highest BCUT2D eigenvalue weighted by Gasteiger charge is 2.23. The minimum Gasteiger partial charge on any atom is -0.492 e. The van der Waals surface area contributed by atoms with Gasteiger partial charge in [0.15, 0.2) is 5.96 Å². The SMILES string of the molecule is CCNC(=NCCOc1ccc(Cl)cc1)N1CCCC(CC(N)=O)C1. The number of hydrogen-bond donors (Lipinski definition) is 2. The second-order valence-corrected chi connectivity index (χ2v) is 6.60. The van der Waals surface area contributed by atoms with Gasteiger partial charge in [0.05, 0.1) is 6.54 Å². The van der Waals surface area contributed by atoms with E-state index in [0.717, 1.165) is 44.2 Å². The quantitative estimate of drug-likeness (QED) is 0.440. The summed E-state index contributed by atoms with van der Waals surface area (Å²) in [5.41, 5.74) is 5.34. The average Bonchev–Trinajstić information content (AvgIpc) is 2.59. The van der Waals surface area contributed by atoms with Gasteiger partial charge in [0.25, 0.3) is 0 Å². The Morgan fingerprint density at radius 1 is 1.44 bits per heavy atom. The van der Waals surface area contributed by atoms with Crippen LogP contribution in [0.4, 0.5) is 0 Å². The molecule has 0 radical (unpaired) electrons. The van der Waals surface area contributed by atoms with Gasteiger partial charge < -0.3 is 20.7 Å². The second kappa shape index (κ2) is 10.1. The number of amides is 1. The van der Waals surface area contributed by atoms with Crippen molar-refractivity contribution in [3.05, 3.63) is 29.3 Å². The number of benzene rings is 1. The molecule has 6 nitrogen and oxygen atoms in total. The molecule has 0 aromatic heterocycles. The molecule has 1 unspecified atom stereocenters. The normalized spacial score (nSPS) is 18.1. The molecule has 2 rings (SSSR count). The van der Waals surface area contributed by atoms with E-state index in [4.69, 9.17) is 22.1 Å². The smallest absolute Gasteiger partial charge is 0.217 e. The van der Waals surface area contributed by atoms with E-state index < -0.39 is 0 Å². The minimum absolute atomic E-state index is 0.231. The van der Waals surface area contributed by atoms with Crippen molar-refractivity contribution in [3.8, 4) is 5.75 Å². The van der Waals surface area contributed by atoms with Crippen LogP contribution in [-0.4, -0.2) is 49.6 Å². The molecule has 3 N–H and O–H groups in total. The number of carbonyl (C=O) groups is 1. The molecule has 1 aromatic carbocycles. The summed E-state index contributed by atoms with van der Waals surface area (Å²) in [4.78, 5) is 18.0. The van der Waals surface area contributed by atoms with Crippen LogP contribution in [0.5, 0.6) is 5.75 Å². The predicted molar refractivity (Wildman–Crippen MR) is 101 cm³/mol. The number of aliphatic imine (C=N–C) groups is 1. The number of primary amides is 1. The zero-order valence-corrected chi connectivity index (χ0v) is 15.5. The van der Waals surface area contributed by atoms with Crippen LogP contribution >= 0.6 is 11.6 Å². The van der Waals surface area contributed by atoms with Crippen LogP contribution in [0.3, 0.4) is 0 Å². The Hall–Kier alpha value is -1.95. The van der Waals surface area contributed by atoms with Crippen molar-refractivity contribution in [2.24, 2.45) is 16.6 Å². The number of nitrogens with two attached hydrogens (primary N) is 1. The van der Waals surface area contributed by atoms with Crippen LogP contribution in [0.15, 0.2) is 29.3 Å². The molecule has 1 heterocycles. The van der Waals surface area contributed by atoms with Crippen molar-refractivity contribution >= 4 is 23.5 Å². The summed E-state index contributed by atoms with van der Waals surface area (Å²) in [5, 5.41) is 4.01. The summed E-state index contributed by atoms with van der Waals surface area (Å²) in [6.45, 7) is 5.65. The van der Waals surface area contributed by atoms with E-state index in [2.05, 4.69) is 15.2 Å². The third-order valence-electron chi connectivity index (χ3n) is 4.08. The van der Waals surface area contributed by atoms with Gasteiger partial charge in [-0.25, -0.2) is 4.99 Å². The van der Waals surface area contributed by atoms with Crippen LogP contribution in [0.25, 0.3) is 0 Å². The molecule has 1 atom stereocenters. The molecule has 0 aliphatic carbocycles. The zero-order valence-electron chi connectivity index (χ0n) is 14.7. The molecule has 1 aromatic rings. The number of likely N-dealkylation sites (tertiary alicyclic amines) is 1. The maximum atomic E-state index is 11.2. The standard InChI is InChI=1S/C18H27ClN4O2/c1-2-21-18(23-10-3-4-14(13-23)12-17(20)24)22-9-11-25-16-7-5-15(19)6-8-16/h5-8,14H,2-4,9-13H2,1H3,(H2,20,24)(H,21,22). The highest BCUT2D eigenvalue weighted by Crippen LogP contribution is 2.19. The number of piperidine rings is 1. The topological polar surface area (TPSA) is 80.0 Å². The molecule has 1 aliphatic heterocycles. The minimum atomic E-state index is -0.231. The molecule has 1 aliphatic rings. The van der Waals surface area contributed by atoms with Crippen molar-refractivity contribution in [2.45, 2.75) is 26.2 Å². The lowest BCUT2D eigenvalue weighted by atomic mass is 9.95. The van der Waals surface area contributed by atoms with Gasteiger partial charge in [-0.1, -0.05) is 11.6 Å². The van der Waals surface area contributed by atoms with Gasteiger partial charge in [-0.15, -0.1) is 0 Å². The van der Waals surface area contributed by atoms with E-state index in [0.29, 0.717) is 30.5 Å². The third kappa shape index (κ3) is 6.82. The van der Waals surface area contributed by atoms with Crippen LogP contribution in [0.1, 0.15) is 26.2 Å². The van der Waals surface area contributed by atoms with Gasteiger partial charge >= 0.3 is 0 Å². The highest BCUT2D eigenvalue weighted by atomic mass is 35.5. The van der Waals surface area contributed by atoms with Gasteiger partial charge in [-0.2, -0.15) is 0 Å². The van der Waals surface area contributed by atoms with E-state index in [1.165, 1.54) is 0 Å². The highest BCUT2D eigenvalue weighted by molar-refractivity contribution is 6.30. The Labute approximate surface area is 154 Å². The number of guanidine groups is 1. The van der Waals surface area contributed by atoms with Crippen LogP contribution in [-0.2, 0) is 4.79 Å². The van der Waals surface area contributed by atoms with Crippen molar-refractivity contribution < 1.29 is 9.53 Å². The van der Waals surface area contributed by atoms with E-state index in [-0.39, 0.29) is 5.91 Å². The average molecular weight is 367 g/mol. The number of rotatable bonds is 7. The van der Waals surface area contributed by atoms with Gasteiger partial charge in [0, 0.05) is 31.1 Å². The fourth-order valence-electron chi connectivity index (χ4n) is 2.98. The number of halogens is 1. The molecule has 0 saturated carbocycles. The first-order valence-corrected chi connectivity index (χ1v) is 9.16. The largest absolute Gasteiger partial charge is 0.492 e. The van der Waals surface area contributed by atoms with Crippen LogP contribution in [0.2, 0.25) is 5.02 Å². The van der Waals surface area contributed by atoms with Gasteiger partial charge in [0.2, 0.25) is 5.91 Å². The first-order chi connectivity index (χ1) is 12.1. The maximum Gasteiger partial charge on any atom is 0.217 e. The first kappa shape index (κ1) is 19.4. The Bertz CT molecular complexity index is 577. The van der Waals surface area contributed by atoms with Crippen molar-refractivity contribution in [3.63, 3.8) is 0 Å². The van der Waals surface area contributed by atoms with E-state index in [1.54, 1.807) is 12.1 Å². The summed E-state index contributed by atoms with van der Waals surface area (Å²) in [6, 6.07) is 7.29. The zero-order chi connectivity index (χ0) is 18.1. The van der Waals surface area contributed by atoms with Crippen molar-refractivity contribution in [1.29, 1.82) is 0 Å². The number of nitrogens with one attached hydrogen (secondary N) is 1. The van der Waals surface area contributed by atoms with Gasteiger partial charge in [0.1, 0.15) is 12.4 Å². The lowest BCUT2D eigenvalue weighted by molar-refractivity contribution is -0.119. The van der Waals surface area contributed by atoms with Crippen LogP contribution in [0, 0.1) is 5.92 Å². The summed E-state index contributed by atoms with van der Waals surface area (Å²) in [7, 11) is 0. The maximum absolute atomic E-state index is 11.2. The lowest BCUT2D eigenvalue weighted by Crippen LogP contribution is -2.47. The third-order valence-corrected chi connectivity index (χ3v) is 4.33. The monoisotopic (exact) mass is 366 g/mol.